The van der Waals surface area contributed by atoms with E-state index < -0.39 is 0 Å². The Labute approximate surface area is 119 Å². The second-order valence-electron chi connectivity index (χ2n) is 5.55. The summed E-state index contributed by atoms with van der Waals surface area (Å²) in [6.07, 6.45) is 0. The first-order chi connectivity index (χ1) is 9.83. The molecule has 0 amide bonds. The number of nitrogens with zero attached hydrogens (tertiary/aromatic N) is 2. The van der Waals surface area contributed by atoms with E-state index in [1.54, 1.807) is 6.07 Å². The second-order valence-corrected chi connectivity index (χ2v) is 5.55. The maximum absolute atomic E-state index is 14.0. The summed E-state index contributed by atoms with van der Waals surface area (Å²) in [6.45, 7) is 8.78. The largest absolute Gasteiger partial charge is 0.367 e. The van der Waals surface area contributed by atoms with Gasteiger partial charge in [-0.1, -0.05) is 6.07 Å². The lowest BCUT2D eigenvalue weighted by Crippen LogP contribution is -2.44. The molecular weight excluding hydrogens is 255 g/mol. The number of hydrogen-bond acceptors (Lipinski definition) is 4. The molecule has 2 aliphatic heterocycles. The van der Waals surface area contributed by atoms with Gasteiger partial charge in [-0.2, -0.15) is 0 Å². The lowest BCUT2D eigenvalue weighted by Gasteiger charge is -2.31. The summed E-state index contributed by atoms with van der Waals surface area (Å²) in [4.78, 5) is 4.57. The molecule has 2 fully saturated rings. The Morgan fingerprint density at radius 3 is 2.30 bits per heavy atom. The zero-order valence-corrected chi connectivity index (χ0v) is 11.9. The summed E-state index contributed by atoms with van der Waals surface area (Å²) in [6, 6.07) is 5.57. The summed E-state index contributed by atoms with van der Waals surface area (Å²) in [5.41, 5.74) is 1.97. The quantitative estimate of drug-likeness (QED) is 0.849. The molecular formula is C15H23FN4. The minimum absolute atomic E-state index is 0.101. The first-order valence-corrected chi connectivity index (χ1v) is 7.50. The summed E-state index contributed by atoms with van der Waals surface area (Å²) < 4.78 is 14.0. The monoisotopic (exact) mass is 278 g/mol. The van der Waals surface area contributed by atoms with Crippen LogP contribution in [0.15, 0.2) is 18.2 Å². The van der Waals surface area contributed by atoms with Gasteiger partial charge in [0.1, 0.15) is 5.82 Å². The van der Waals surface area contributed by atoms with Crippen molar-refractivity contribution in [1.29, 1.82) is 0 Å². The van der Waals surface area contributed by atoms with E-state index in [1.807, 2.05) is 12.1 Å². The molecule has 0 aliphatic carbocycles. The molecule has 110 valence electrons. The topological polar surface area (TPSA) is 30.5 Å². The van der Waals surface area contributed by atoms with Crippen LogP contribution in [0.4, 0.5) is 10.1 Å². The van der Waals surface area contributed by atoms with Gasteiger partial charge in [-0.15, -0.1) is 0 Å². The molecule has 3 rings (SSSR count). The zero-order chi connectivity index (χ0) is 13.8. The molecule has 2 aliphatic rings. The molecule has 2 saturated heterocycles. The molecule has 2 N–H and O–H groups in total. The summed E-state index contributed by atoms with van der Waals surface area (Å²) in [7, 11) is 0. The third-order valence-electron chi connectivity index (χ3n) is 4.08. The Bertz CT molecular complexity index is 439. The van der Waals surface area contributed by atoms with Crippen molar-refractivity contribution < 1.29 is 4.39 Å². The molecule has 20 heavy (non-hydrogen) atoms. The molecule has 0 unspecified atom stereocenters. The molecule has 0 bridgehead atoms. The fraction of sp³-hybridized carbons (Fsp3) is 0.600. The summed E-state index contributed by atoms with van der Waals surface area (Å²) >= 11 is 0. The van der Waals surface area contributed by atoms with Crippen LogP contribution < -0.4 is 15.5 Å². The molecule has 1 aromatic carbocycles. The highest BCUT2D eigenvalue weighted by Crippen LogP contribution is 2.22. The van der Waals surface area contributed by atoms with Gasteiger partial charge >= 0.3 is 0 Å². The Balaban J connectivity index is 1.71. The molecule has 2 heterocycles. The average Bonchev–Trinajstić information content (AvgIpc) is 2.51. The van der Waals surface area contributed by atoms with Crippen LogP contribution >= 0.6 is 0 Å². The van der Waals surface area contributed by atoms with Gasteiger partial charge in [0, 0.05) is 58.9 Å². The van der Waals surface area contributed by atoms with Crippen LogP contribution in [0.25, 0.3) is 0 Å². The van der Waals surface area contributed by atoms with Gasteiger partial charge in [0.15, 0.2) is 0 Å². The predicted octanol–water partition coefficient (Wildman–Crippen LogP) is 0.641. The number of anilines is 1. The van der Waals surface area contributed by atoms with Crippen molar-refractivity contribution in [2.45, 2.75) is 6.54 Å². The molecule has 0 radical (unpaired) electrons. The maximum atomic E-state index is 14.0. The van der Waals surface area contributed by atoms with Gasteiger partial charge in [0.2, 0.25) is 0 Å². The fourth-order valence-corrected chi connectivity index (χ4v) is 2.93. The van der Waals surface area contributed by atoms with Crippen molar-refractivity contribution in [1.82, 2.24) is 15.5 Å². The Kier molecular flexibility index (Phi) is 4.50. The van der Waals surface area contributed by atoms with E-state index in [-0.39, 0.29) is 5.82 Å². The molecule has 0 atom stereocenters. The molecule has 0 spiro atoms. The minimum atomic E-state index is -0.101. The van der Waals surface area contributed by atoms with E-state index in [9.17, 15) is 4.39 Å². The normalized spacial score (nSPS) is 21.1. The third-order valence-corrected chi connectivity index (χ3v) is 4.08. The van der Waals surface area contributed by atoms with Crippen LogP contribution in [-0.2, 0) is 6.54 Å². The highest BCUT2D eigenvalue weighted by molar-refractivity contribution is 5.50. The van der Waals surface area contributed by atoms with Gasteiger partial charge in [0.25, 0.3) is 0 Å². The Morgan fingerprint density at radius 2 is 1.60 bits per heavy atom. The van der Waals surface area contributed by atoms with Crippen molar-refractivity contribution in [2.24, 2.45) is 0 Å². The second kappa shape index (κ2) is 6.52. The number of nitrogens with one attached hydrogen (secondary N) is 2. The highest BCUT2D eigenvalue weighted by atomic mass is 19.1. The number of rotatable bonds is 3. The van der Waals surface area contributed by atoms with Crippen LogP contribution in [0.1, 0.15) is 5.56 Å². The zero-order valence-electron chi connectivity index (χ0n) is 11.9. The number of piperazine rings is 2. The van der Waals surface area contributed by atoms with Crippen molar-refractivity contribution in [2.75, 3.05) is 57.3 Å². The number of benzene rings is 1. The lowest BCUT2D eigenvalue weighted by atomic mass is 10.1. The first kappa shape index (κ1) is 13.8. The Morgan fingerprint density at radius 1 is 0.950 bits per heavy atom. The molecule has 0 saturated carbocycles. The van der Waals surface area contributed by atoms with Gasteiger partial charge in [0.05, 0.1) is 5.69 Å². The standard InChI is InChI=1S/C15H23FN4/c16-14-2-1-13(12-19-7-3-17-4-8-19)11-15(14)20-9-5-18-6-10-20/h1-2,11,17-18H,3-10,12H2. The van der Waals surface area contributed by atoms with Gasteiger partial charge in [-0.3, -0.25) is 4.90 Å². The number of hydrogen-bond donors (Lipinski definition) is 2. The molecule has 1 aromatic rings. The minimum Gasteiger partial charge on any atom is -0.367 e. The Hall–Kier alpha value is -1.17. The van der Waals surface area contributed by atoms with Crippen molar-refractivity contribution in [3.8, 4) is 0 Å². The van der Waals surface area contributed by atoms with E-state index in [0.717, 1.165) is 64.6 Å². The van der Waals surface area contributed by atoms with Crippen LogP contribution in [0.3, 0.4) is 0 Å². The van der Waals surface area contributed by atoms with E-state index in [1.165, 1.54) is 5.56 Å². The summed E-state index contributed by atoms with van der Waals surface area (Å²) in [5.74, 6) is -0.101. The van der Waals surface area contributed by atoms with Crippen molar-refractivity contribution >= 4 is 5.69 Å². The molecule has 0 aromatic heterocycles. The van der Waals surface area contributed by atoms with Crippen molar-refractivity contribution in [3.63, 3.8) is 0 Å². The van der Waals surface area contributed by atoms with E-state index >= 15 is 0 Å². The van der Waals surface area contributed by atoms with E-state index in [4.69, 9.17) is 0 Å². The summed E-state index contributed by atoms with van der Waals surface area (Å²) in [5, 5.41) is 6.66. The highest BCUT2D eigenvalue weighted by Gasteiger charge is 2.16. The van der Waals surface area contributed by atoms with Gasteiger partial charge in [-0.05, 0) is 17.7 Å². The molecule has 5 heteroatoms. The average molecular weight is 278 g/mol. The maximum Gasteiger partial charge on any atom is 0.146 e. The number of halogens is 1. The smallest absolute Gasteiger partial charge is 0.146 e. The van der Waals surface area contributed by atoms with Crippen LogP contribution in [0.2, 0.25) is 0 Å². The van der Waals surface area contributed by atoms with E-state index in [0.29, 0.717) is 0 Å². The fourth-order valence-electron chi connectivity index (χ4n) is 2.93. The van der Waals surface area contributed by atoms with Gasteiger partial charge in [-0.25, -0.2) is 4.39 Å². The van der Waals surface area contributed by atoms with Crippen molar-refractivity contribution in [3.05, 3.63) is 29.6 Å². The first-order valence-electron chi connectivity index (χ1n) is 7.50. The van der Waals surface area contributed by atoms with Gasteiger partial charge < -0.3 is 15.5 Å². The third kappa shape index (κ3) is 3.29. The SMILES string of the molecule is Fc1ccc(CN2CCNCC2)cc1N1CCNCC1. The van der Waals surface area contributed by atoms with E-state index in [2.05, 4.69) is 20.4 Å². The van der Waals surface area contributed by atoms with Crippen LogP contribution in [-0.4, -0.2) is 57.3 Å². The van der Waals surface area contributed by atoms with Crippen LogP contribution in [0, 0.1) is 5.82 Å². The predicted molar refractivity (Wildman–Crippen MR) is 79.6 cm³/mol. The van der Waals surface area contributed by atoms with Crippen LogP contribution in [0.5, 0.6) is 0 Å². The molecule has 4 nitrogen and oxygen atoms in total. The lowest BCUT2D eigenvalue weighted by molar-refractivity contribution is 0.233.